The Bertz CT molecular complexity index is 492. The fourth-order valence-corrected chi connectivity index (χ4v) is 2.48. The van der Waals surface area contributed by atoms with E-state index in [2.05, 4.69) is 5.32 Å². The van der Waals surface area contributed by atoms with Crippen LogP contribution in [-0.2, 0) is 0 Å². The van der Waals surface area contributed by atoms with Crippen LogP contribution < -0.4 is 20.5 Å². The highest BCUT2D eigenvalue weighted by Gasteiger charge is 2.37. The first kappa shape index (κ1) is 12.3. The van der Waals surface area contributed by atoms with E-state index in [9.17, 15) is 4.79 Å². The molecule has 1 aromatic rings. The molecule has 2 aliphatic rings. The Morgan fingerprint density at radius 2 is 2.00 bits per heavy atom. The smallest absolute Gasteiger partial charge is 0.251 e. The molecule has 3 rings (SSSR count). The summed E-state index contributed by atoms with van der Waals surface area (Å²) in [5.74, 6) is 1.23. The number of nitrogens with one attached hydrogen (secondary N) is 1. The van der Waals surface area contributed by atoms with Crippen molar-refractivity contribution in [1.29, 1.82) is 0 Å². The summed E-state index contributed by atoms with van der Waals surface area (Å²) in [6.45, 7) is 1.56. The van der Waals surface area contributed by atoms with Crippen LogP contribution >= 0.6 is 0 Å². The lowest BCUT2D eigenvalue weighted by Gasteiger charge is -2.41. The van der Waals surface area contributed by atoms with Crippen LogP contribution in [0, 0.1) is 0 Å². The molecular weight excluding hydrogens is 244 g/mol. The minimum atomic E-state index is -0.204. The van der Waals surface area contributed by atoms with Gasteiger partial charge in [0.15, 0.2) is 11.5 Å². The quantitative estimate of drug-likeness (QED) is 0.854. The maximum absolute atomic E-state index is 12.2. The van der Waals surface area contributed by atoms with Crippen molar-refractivity contribution in [2.24, 2.45) is 5.73 Å². The molecular formula is C14H18N2O3. The van der Waals surface area contributed by atoms with Gasteiger partial charge < -0.3 is 20.5 Å². The van der Waals surface area contributed by atoms with E-state index in [1.165, 1.54) is 0 Å². The second kappa shape index (κ2) is 4.74. The molecule has 1 fully saturated rings. The maximum atomic E-state index is 12.2. The monoisotopic (exact) mass is 262 g/mol. The van der Waals surface area contributed by atoms with Gasteiger partial charge in [-0.1, -0.05) is 0 Å². The number of hydrogen-bond acceptors (Lipinski definition) is 4. The van der Waals surface area contributed by atoms with Gasteiger partial charge in [-0.15, -0.1) is 0 Å². The van der Waals surface area contributed by atoms with Crippen molar-refractivity contribution >= 4 is 5.91 Å². The van der Waals surface area contributed by atoms with Gasteiger partial charge in [0, 0.05) is 12.1 Å². The summed E-state index contributed by atoms with van der Waals surface area (Å²) in [4.78, 5) is 12.2. The van der Waals surface area contributed by atoms with Crippen molar-refractivity contribution in [1.82, 2.24) is 5.32 Å². The molecule has 1 heterocycles. The predicted molar refractivity (Wildman–Crippen MR) is 70.5 cm³/mol. The number of fused-ring (bicyclic) bond motifs is 1. The molecule has 102 valence electrons. The topological polar surface area (TPSA) is 73.6 Å². The molecule has 1 aliphatic heterocycles. The zero-order valence-electron chi connectivity index (χ0n) is 10.8. The fraction of sp³-hybridized carbons (Fsp3) is 0.500. The molecule has 0 bridgehead atoms. The molecule has 19 heavy (non-hydrogen) atoms. The predicted octanol–water partition coefficient (Wildman–Crippen LogP) is 1.07. The Labute approximate surface area is 112 Å². The molecule has 1 aromatic carbocycles. The maximum Gasteiger partial charge on any atom is 0.251 e. The average Bonchev–Trinajstić information content (AvgIpc) is 2.42. The summed E-state index contributed by atoms with van der Waals surface area (Å²) in [6.07, 6.45) is 3.04. The molecule has 5 heteroatoms. The Kier molecular flexibility index (Phi) is 3.06. The highest BCUT2D eigenvalue weighted by Crippen LogP contribution is 2.33. The van der Waals surface area contributed by atoms with Crippen LogP contribution in [-0.4, -0.2) is 31.2 Å². The number of nitrogens with two attached hydrogens (primary N) is 1. The van der Waals surface area contributed by atoms with Gasteiger partial charge in [-0.2, -0.15) is 0 Å². The average molecular weight is 262 g/mol. The van der Waals surface area contributed by atoms with Gasteiger partial charge in [0.05, 0.1) is 5.54 Å². The Morgan fingerprint density at radius 1 is 1.26 bits per heavy atom. The molecule has 0 atom stereocenters. The molecule has 0 saturated heterocycles. The standard InChI is InChI=1S/C14H18N2O3/c15-9-14(4-1-5-14)16-13(17)10-2-3-11-12(8-10)19-7-6-18-11/h2-3,8H,1,4-7,9,15H2,(H,16,17). The lowest BCUT2D eigenvalue weighted by Crippen LogP contribution is -2.58. The van der Waals surface area contributed by atoms with Crippen molar-refractivity contribution < 1.29 is 14.3 Å². The third-order valence-corrected chi connectivity index (χ3v) is 3.88. The van der Waals surface area contributed by atoms with E-state index in [-0.39, 0.29) is 11.4 Å². The first-order chi connectivity index (χ1) is 9.22. The van der Waals surface area contributed by atoms with Crippen LogP contribution in [0.3, 0.4) is 0 Å². The van der Waals surface area contributed by atoms with Crippen LogP contribution in [0.4, 0.5) is 0 Å². The van der Waals surface area contributed by atoms with Gasteiger partial charge in [0.1, 0.15) is 13.2 Å². The number of hydrogen-bond donors (Lipinski definition) is 2. The van der Waals surface area contributed by atoms with E-state index >= 15 is 0 Å². The zero-order chi connectivity index (χ0) is 13.3. The molecule has 0 radical (unpaired) electrons. The minimum absolute atomic E-state index is 0.0953. The van der Waals surface area contributed by atoms with Gasteiger partial charge in [-0.25, -0.2) is 0 Å². The van der Waals surface area contributed by atoms with E-state index in [1.54, 1.807) is 18.2 Å². The molecule has 0 spiro atoms. The number of benzene rings is 1. The highest BCUT2D eigenvalue weighted by molar-refractivity contribution is 5.95. The highest BCUT2D eigenvalue weighted by atomic mass is 16.6. The fourth-order valence-electron chi connectivity index (χ4n) is 2.48. The molecule has 1 saturated carbocycles. The zero-order valence-corrected chi connectivity index (χ0v) is 10.8. The molecule has 1 aliphatic carbocycles. The van der Waals surface area contributed by atoms with Gasteiger partial charge in [0.2, 0.25) is 0 Å². The molecule has 1 amide bonds. The summed E-state index contributed by atoms with van der Waals surface area (Å²) in [7, 11) is 0. The number of carbonyl (C=O) groups excluding carboxylic acids is 1. The number of amides is 1. The van der Waals surface area contributed by atoms with Crippen LogP contribution in [0.5, 0.6) is 11.5 Å². The van der Waals surface area contributed by atoms with Crippen molar-refractivity contribution in [2.45, 2.75) is 24.8 Å². The van der Waals surface area contributed by atoms with E-state index in [4.69, 9.17) is 15.2 Å². The normalized spacial score (nSPS) is 19.4. The molecule has 5 nitrogen and oxygen atoms in total. The van der Waals surface area contributed by atoms with E-state index < -0.39 is 0 Å². The molecule has 0 unspecified atom stereocenters. The van der Waals surface area contributed by atoms with E-state index in [0.29, 0.717) is 36.8 Å². The minimum Gasteiger partial charge on any atom is -0.486 e. The summed E-state index contributed by atoms with van der Waals surface area (Å²) in [5.41, 5.74) is 6.13. The largest absolute Gasteiger partial charge is 0.486 e. The summed E-state index contributed by atoms with van der Waals surface area (Å²) < 4.78 is 10.9. The lowest BCUT2D eigenvalue weighted by atomic mass is 9.76. The van der Waals surface area contributed by atoms with Crippen molar-refractivity contribution in [2.75, 3.05) is 19.8 Å². The van der Waals surface area contributed by atoms with Crippen molar-refractivity contribution in [3.8, 4) is 11.5 Å². The van der Waals surface area contributed by atoms with Crippen LogP contribution in [0.1, 0.15) is 29.6 Å². The third kappa shape index (κ3) is 2.26. The van der Waals surface area contributed by atoms with Gasteiger partial charge in [-0.05, 0) is 37.5 Å². The van der Waals surface area contributed by atoms with Crippen LogP contribution in [0.2, 0.25) is 0 Å². The SMILES string of the molecule is NCC1(NC(=O)c2ccc3c(c2)OCCO3)CCC1. The van der Waals surface area contributed by atoms with Gasteiger partial charge in [-0.3, -0.25) is 4.79 Å². The first-order valence-corrected chi connectivity index (χ1v) is 6.65. The summed E-state index contributed by atoms with van der Waals surface area (Å²) in [5, 5.41) is 3.04. The lowest BCUT2D eigenvalue weighted by molar-refractivity contribution is 0.0836. The van der Waals surface area contributed by atoms with E-state index in [0.717, 1.165) is 19.3 Å². The third-order valence-electron chi connectivity index (χ3n) is 3.88. The first-order valence-electron chi connectivity index (χ1n) is 6.65. The number of rotatable bonds is 3. The second-order valence-corrected chi connectivity index (χ2v) is 5.15. The summed E-state index contributed by atoms with van der Waals surface area (Å²) in [6, 6.07) is 5.26. The van der Waals surface area contributed by atoms with Crippen molar-refractivity contribution in [3.05, 3.63) is 23.8 Å². The second-order valence-electron chi connectivity index (χ2n) is 5.15. The van der Waals surface area contributed by atoms with Crippen molar-refractivity contribution in [3.63, 3.8) is 0 Å². The molecule has 3 N–H and O–H groups in total. The number of ether oxygens (including phenoxy) is 2. The Balaban J connectivity index is 1.76. The summed E-state index contributed by atoms with van der Waals surface area (Å²) >= 11 is 0. The van der Waals surface area contributed by atoms with Crippen LogP contribution in [0.15, 0.2) is 18.2 Å². The van der Waals surface area contributed by atoms with Gasteiger partial charge in [0.25, 0.3) is 5.91 Å². The van der Waals surface area contributed by atoms with Crippen LogP contribution in [0.25, 0.3) is 0 Å². The van der Waals surface area contributed by atoms with Gasteiger partial charge >= 0.3 is 0 Å². The number of carbonyl (C=O) groups is 1. The molecule has 0 aromatic heterocycles. The Morgan fingerprint density at radius 3 is 2.63 bits per heavy atom. The van der Waals surface area contributed by atoms with E-state index in [1.807, 2.05) is 0 Å². The Hall–Kier alpha value is -1.75.